The molecule has 1 N–H and O–H groups in total. The summed E-state index contributed by atoms with van der Waals surface area (Å²) < 4.78 is 80.3. The zero-order valence-corrected chi connectivity index (χ0v) is 24.5. The molecule has 1 saturated heterocycles. The van der Waals surface area contributed by atoms with Gasteiger partial charge in [0, 0.05) is 29.8 Å². The third-order valence-corrected chi connectivity index (χ3v) is 7.88. The van der Waals surface area contributed by atoms with Crippen LogP contribution in [-0.2, 0) is 18.4 Å². The Morgan fingerprint density at radius 2 is 1.80 bits per heavy atom. The second-order valence-electron chi connectivity index (χ2n) is 11.3. The number of nitrogens with one attached hydrogen (secondary N) is 1. The first-order valence-electron chi connectivity index (χ1n) is 14.0. The number of benzene rings is 2. The molecule has 240 valence electrons. The summed E-state index contributed by atoms with van der Waals surface area (Å²) in [6, 6.07) is 7.97. The minimum Gasteiger partial charge on any atom is -0.496 e. The lowest BCUT2D eigenvalue weighted by molar-refractivity contribution is -0.166. The molecule has 2 aromatic carbocycles. The van der Waals surface area contributed by atoms with Crippen LogP contribution in [0.5, 0.6) is 11.5 Å². The summed E-state index contributed by atoms with van der Waals surface area (Å²) in [7, 11) is 2.82. The predicted molar refractivity (Wildman–Crippen MR) is 152 cm³/mol. The van der Waals surface area contributed by atoms with E-state index in [-0.39, 0.29) is 48.4 Å². The van der Waals surface area contributed by atoms with Gasteiger partial charge in [-0.2, -0.15) is 24.2 Å². The Labute approximate surface area is 258 Å². The van der Waals surface area contributed by atoms with Gasteiger partial charge in [-0.25, -0.2) is 13.2 Å². The Bertz CT molecular complexity index is 1900. The number of fused-ring (bicyclic) bond motifs is 1. The molecular formula is C30H26F5N7O4. The van der Waals surface area contributed by atoms with Gasteiger partial charge in [-0.05, 0) is 42.7 Å². The molecule has 2 fully saturated rings. The molecule has 4 aromatic rings. The predicted octanol–water partition coefficient (Wildman–Crippen LogP) is 4.29. The highest BCUT2D eigenvalue weighted by molar-refractivity contribution is 6.03. The van der Waals surface area contributed by atoms with Gasteiger partial charge < -0.3 is 19.7 Å². The average molecular weight is 644 g/mol. The van der Waals surface area contributed by atoms with E-state index in [9.17, 15) is 36.8 Å². The summed E-state index contributed by atoms with van der Waals surface area (Å²) in [6.45, 7) is -5.11. The first-order valence-corrected chi connectivity index (χ1v) is 14.0. The number of likely N-dealkylation sites (tertiary alicyclic amines) is 1. The maximum atomic E-state index is 14.2. The number of carbonyl (C=O) groups is 2. The summed E-state index contributed by atoms with van der Waals surface area (Å²) in [6.07, 6.45) is 3.56. The summed E-state index contributed by atoms with van der Waals surface area (Å²) in [4.78, 5) is 26.3. The van der Waals surface area contributed by atoms with E-state index in [0.29, 0.717) is 27.7 Å². The Morgan fingerprint density at radius 3 is 2.43 bits per heavy atom. The lowest BCUT2D eigenvalue weighted by Gasteiger charge is -2.38. The van der Waals surface area contributed by atoms with E-state index in [1.54, 1.807) is 25.4 Å². The molecule has 6 rings (SSSR count). The molecule has 16 heteroatoms. The number of rotatable bonds is 10. The monoisotopic (exact) mass is 643 g/mol. The molecule has 0 bridgehead atoms. The number of alkyl halides is 5. The molecule has 0 atom stereocenters. The van der Waals surface area contributed by atoms with Crippen molar-refractivity contribution >= 4 is 22.7 Å². The number of carbonyl (C=O) groups excluding carboxylic acids is 2. The smallest absolute Gasteiger partial charge is 0.387 e. The van der Waals surface area contributed by atoms with Crippen LogP contribution in [0.15, 0.2) is 36.7 Å². The molecule has 46 heavy (non-hydrogen) atoms. The number of nitrogens with zero attached hydrogens (tertiary/aromatic N) is 6. The number of aromatic nitrogens is 4. The van der Waals surface area contributed by atoms with E-state index < -0.39 is 48.9 Å². The fraction of sp³-hybridized carbons (Fsp3) is 0.367. The van der Waals surface area contributed by atoms with Crippen LogP contribution < -0.4 is 14.8 Å². The number of methoxy groups -OCH3 is 1. The van der Waals surface area contributed by atoms with Gasteiger partial charge in [-0.3, -0.25) is 19.0 Å². The molecule has 11 nitrogen and oxygen atoms in total. The largest absolute Gasteiger partial charge is 0.496 e. The van der Waals surface area contributed by atoms with Gasteiger partial charge >= 0.3 is 6.61 Å². The minimum atomic E-state index is -3.30. The van der Waals surface area contributed by atoms with Gasteiger partial charge in [0.05, 0.1) is 55.8 Å². The second kappa shape index (κ2) is 11.3. The van der Waals surface area contributed by atoms with Crippen molar-refractivity contribution < 1.29 is 41.0 Å². The molecule has 0 spiro atoms. The number of halogens is 5. The van der Waals surface area contributed by atoms with Crippen molar-refractivity contribution in [3.05, 3.63) is 47.8 Å². The number of aryl methyl sites for hydroxylation is 1. The zero-order chi connectivity index (χ0) is 33.0. The molecule has 0 unspecified atom stereocenters. The molecule has 2 amide bonds. The van der Waals surface area contributed by atoms with E-state index in [2.05, 4.69) is 21.6 Å². The summed E-state index contributed by atoms with van der Waals surface area (Å²) in [5.41, 5.74) is 0.264. The summed E-state index contributed by atoms with van der Waals surface area (Å²) >= 11 is 0. The van der Waals surface area contributed by atoms with Gasteiger partial charge in [0.1, 0.15) is 29.3 Å². The molecule has 2 aliphatic rings. The van der Waals surface area contributed by atoms with E-state index in [0.717, 1.165) is 4.90 Å². The van der Waals surface area contributed by atoms with Crippen LogP contribution in [0, 0.1) is 11.3 Å². The van der Waals surface area contributed by atoms with Crippen LogP contribution >= 0.6 is 0 Å². The number of amides is 2. The Kier molecular flexibility index (Phi) is 7.57. The normalized spacial score (nSPS) is 16.2. The number of hydrogen-bond donors (Lipinski definition) is 1. The van der Waals surface area contributed by atoms with Crippen LogP contribution in [0.25, 0.3) is 33.3 Å². The minimum absolute atomic E-state index is 0.122. The highest BCUT2D eigenvalue weighted by Gasteiger charge is 2.46. The van der Waals surface area contributed by atoms with E-state index >= 15 is 0 Å². The third kappa shape index (κ3) is 5.92. The highest BCUT2D eigenvalue weighted by Crippen LogP contribution is 2.41. The van der Waals surface area contributed by atoms with Crippen molar-refractivity contribution in [2.45, 2.75) is 37.6 Å². The van der Waals surface area contributed by atoms with Crippen LogP contribution in [0.3, 0.4) is 0 Å². The van der Waals surface area contributed by atoms with Crippen molar-refractivity contribution in [1.29, 1.82) is 5.26 Å². The van der Waals surface area contributed by atoms with E-state index in [1.807, 2.05) is 0 Å². The highest BCUT2D eigenvalue weighted by atomic mass is 19.3. The zero-order valence-electron chi connectivity index (χ0n) is 24.5. The molecule has 3 heterocycles. The molecule has 1 aliphatic heterocycles. The van der Waals surface area contributed by atoms with Crippen LogP contribution in [0.1, 0.15) is 28.8 Å². The van der Waals surface area contributed by atoms with Gasteiger partial charge in [0.25, 0.3) is 11.8 Å². The van der Waals surface area contributed by atoms with Crippen LogP contribution in [0.4, 0.5) is 22.0 Å². The van der Waals surface area contributed by atoms with Crippen molar-refractivity contribution in [1.82, 2.24) is 29.8 Å². The van der Waals surface area contributed by atoms with Gasteiger partial charge in [-0.1, -0.05) is 0 Å². The maximum Gasteiger partial charge on any atom is 0.387 e. The van der Waals surface area contributed by atoms with Crippen LogP contribution in [0.2, 0.25) is 0 Å². The van der Waals surface area contributed by atoms with Crippen LogP contribution in [-0.4, -0.2) is 81.2 Å². The van der Waals surface area contributed by atoms with Crippen molar-refractivity contribution in [3.8, 4) is 40.0 Å². The lowest BCUT2D eigenvalue weighted by atomic mass is 9.97. The molecule has 0 radical (unpaired) electrons. The van der Waals surface area contributed by atoms with E-state index in [4.69, 9.17) is 9.47 Å². The third-order valence-electron chi connectivity index (χ3n) is 7.88. The Hall–Kier alpha value is -5.20. The summed E-state index contributed by atoms with van der Waals surface area (Å²) in [5, 5.41) is 21.6. The quantitative estimate of drug-likeness (QED) is 0.256. The number of hydrogen-bond acceptors (Lipinski definition) is 7. The fourth-order valence-corrected chi connectivity index (χ4v) is 5.38. The Morgan fingerprint density at radius 1 is 1.09 bits per heavy atom. The lowest BCUT2D eigenvalue weighted by Crippen LogP contribution is -2.59. The van der Waals surface area contributed by atoms with Gasteiger partial charge in [-0.15, -0.1) is 0 Å². The summed E-state index contributed by atoms with van der Waals surface area (Å²) in [5.74, 6) is -4.89. The maximum absolute atomic E-state index is 14.2. The topological polar surface area (TPSA) is 127 Å². The van der Waals surface area contributed by atoms with Crippen molar-refractivity contribution in [2.75, 3.05) is 26.7 Å². The first-order chi connectivity index (χ1) is 21.8. The average Bonchev–Trinajstić information content (AvgIpc) is 3.38. The van der Waals surface area contributed by atoms with Gasteiger partial charge in [0.2, 0.25) is 5.91 Å². The van der Waals surface area contributed by atoms with Crippen molar-refractivity contribution in [2.24, 2.45) is 7.05 Å². The number of nitriles is 1. The second-order valence-corrected chi connectivity index (χ2v) is 11.3. The molecular weight excluding hydrogens is 617 g/mol. The molecule has 1 aliphatic carbocycles. The molecule has 2 aromatic heterocycles. The standard InChI is InChI=1S/C30H26F5N7O4/c1-40-26(17-7-21(45-2)25(22(8-17)46-28(31)32)27(44)37-13-29(33)3-4-29)24-18(9-36)5-16(6-20(24)39-40)19-10-38-42(11-19)12-23(43)41-14-30(34,35)15-41/h5-8,10-11,28H,3-4,12-15H2,1-2H3,(H,37,44). The fourth-order valence-electron chi connectivity index (χ4n) is 5.38. The first kappa shape index (κ1) is 30.8. The number of ether oxygens (including phenoxy) is 2. The van der Waals surface area contributed by atoms with E-state index in [1.165, 1.54) is 34.8 Å². The van der Waals surface area contributed by atoms with Crippen molar-refractivity contribution in [3.63, 3.8) is 0 Å². The van der Waals surface area contributed by atoms with Gasteiger partial charge in [0.15, 0.2) is 0 Å². The molecule has 1 saturated carbocycles. The Balaban J connectivity index is 1.35. The SMILES string of the molecule is COc1cc(-c2c3c(C#N)cc(-c4cnn(CC(=O)N5CC(F)(F)C5)c4)cc3nn2C)cc(OC(F)F)c1C(=O)NCC1(F)CC1.